The molecule has 10 rings (SSSR count). The number of pyridine rings is 2. The lowest BCUT2D eigenvalue weighted by atomic mass is 9.96. The summed E-state index contributed by atoms with van der Waals surface area (Å²) in [7, 11) is 0. The Hall–Kier alpha value is -6.81. The highest BCUT2D eigenvalue weighted by atomic mass is 16.5. The molecule has 1 unspecified atom stereocenters. The molecule has 5 aliphatic rings. The van der Waals surface area contributed by atoms with Gasteiger partial charge in [-0.2, -0.15) is 5.10 Å². The van der Waals surface area contributed by atoms with Gasteiger partial charge >= 0.3 is 0 Å². The summed E-state index contributed by atoms with van der Waals surface area (Å²) in [5.74, 6) is -2.39. The number of hydrogen-bond donors (Lipinski definition) is 2. The topological polar surface area (TPSA) is 189 Å². The van der Waals surface area contributed by atoms with Gasteiger partial charge in [0.25, 0.3) is 17.7 Å². The number of aromatic nitrogens is 4. The van der Waals surface area contributed by atoms with Crippen LogP contribution in [0.4, 0.5) is 5.69 Å². The van der Waals surface area contributed by atoms with E-state index in [1.807, 2.05) is 40.3 Å². The fraction of sp³-hybridized carbons (Fsp3) is 0.370. The van der Waals surface area contributed by atoms with Crippen molar-refractivity contribution in [3.63, 3.8) is 0 Å². The summed E-state index contributed by atoms with van der Waals surface area (Å²) >= 11 is 0. The first-order valence-corrected chi connectivity index (χ1v) is 21.3. The van der Waals surface area contributed by atoms with Crippen molar-refractivity contribution in [1.82, 2.24) is 40.2 Å². The molecule has 16 nitrogen and oxygen atoms in total. The van der Waals surface area contributed by atoms with Crippen molar-refractivity contribution < 1.29 is 33.5 Å². The Kier molecular flexibility index (Phi) is 10.1. The van der Waals surface area contributed by atoms with Crippen molar-refractivity contribution in [3.8, 4) is 22.5 Å². The van der Waals surface area contributed by atoms with Gasteiger partial charge in [-0.05, 0) is 67.8 Å². The first kappa shape index (κ1) is 39.3. The zero-order valence-corrected chi connectivity index (χ0v) is 34.3. The second kappa shape index (κ2) is 15.9. The predicted molar refractivity (Wildman–Crippen MR) is 226 cm³/mol. The monoisotopic (exact) mass is 835 g/mol. The summed E-state index contributed by atoms with van der Waals surface area (Å²) in [6.07, 6.45) is 7.43. The van der Waals surface area contributed by atoms with Crippen molar-refractivity contribution >= 4 is 51.9 Å². The Morgan fingerprint density at radius 3 is 2.39 bits per heavy atom. The maximum Gasteiger partial charge on any atom is 0.270 e. The average Bonchev–Trinajstić information content (AvgIpc) is 3.80. The van der Waals surface area contributed by atoms with E-state index < -0.39 is 29.7 Å². The second-order valence-electron chi connectivity index (χ2n) is 16.7. The molecule has 316 valence electrons. The van der Waals surface area contributed by atoms with Crippen LogP contribution in [-0.2, 0) is 32.1 Å². The van der Waals surface area contributed by atoms with Crippen LogP contribution in [0.15, 0.2) is 67.0 Å². The Labute approximate surface area is 356 Å². The summed E-state index contributed by atoms with van der Waals surface area (Å²) in [5, 5.41) is 12.5. The molecular weight excluding hydrogens is 791 g/mol. The first-order valence-electron chi connectivity index (χ1n) is 21.3. The third-order valence-electron chi connectivity index (χ3n) is 13.0. The van der Waals surface area contributed by atoms with Gasteiger partial charge in [-0.3, -0.25) is 53.6 Å². The quantitative estimate of drug-likeness (QED) is 0.224. The van der Waals surface area contributed by atoms with Gasteiger partial charge in [-0.25, -0.2) is 0 Å². The van der Waals surface area contributed by atoms with Crippen LogP contribution in [0.1, 0.15) is 94.0 Å². The number of hydrogen-bond acceptors (Lipinski definition) is 11. The van der Waals surface area contributed by atoms with Gasteiger partial charge in [0.15, 0.2) is 0 Å². The molecule has 62 heavy (non-hydrogen) atoms. The van der Waals surface area contributed by atoms with E-state index >= 15 is 0 Å². The van der Waals surface area contributed by atoms with E-state index in [1.54, 1.807) is 37.4 Å². The SMILES string of the molecule is CC(=O)N1CCc2c(c(-c3cccc4cc(-c5ccc(C(=O)NC6CCN(c7cccc8c7C(=O)N(C7CCC(=O)NC7=O)C8=O)CC6)nc5)ncc34)nn2C2CCOCC2)C1. The number of carbonyl (C=O) groups excluding carboxylic acids is 6. The summed E-state index contributed by atoms with van der Waals surface area (Å²) in [6.45, 7) is 5.28. The van der Waals surface area contributed by atoms with Crippen LogP contribution in [-0.4, -0.2) is 110 Å². The lowest BCUT2D eigenvalue weighted by molar-refractivity contribution is -0.136. The van der Waals surface area contributed by atoms with Crippen LogP contribution in [0, 0.1) is 0 Å². The summed E-state index contributed by atoms with van der Waals surface area (Å²) in [4.78, 5) is 91.4. The summed E-state index contributed by atoms with van der Waals surface area (Å²) in [6, 6.07) is 15.9. The van der Waals surface area contributed by atoms with Crippen LogP contribution in [0.25, 0.3) is 33.3 Å². The number of fused-ring (bicyclic) bond motifs is 3. The van der Waals surface area contributed by atoms with Crippen LogP contribution < -0.4 is 15.5 Å². The van der Waals surface area contributed by atoms with Crippen LogP contribution in [0.3, 0.4) is 0 Å². The van der Waals surface area contributed by atoms with E-state index in [0.717, 1.165) is 57.3 Å². The number of piperidine rings is 2. The minimum Gasteiger partial charge on any atom is -0.381 e. The smallest absolute Gasteiger partial charge is 0.270 e. The molecule has 3 saturated heterocycles. The minimum absolute atomic E-state index is 0.0524. The van der Waals surface area contributed by atoms with Gasteiger partial charge in [-0.15, -0.1) is 0 Å². The number of imide groups is 2. The Balaban J connectivity index is 0.812. The molecule has 3 aromatic heterocycles. The standard InChI is InChI=1S/C46H45N9O7/c1-26(56)53-19-14-37-34(25-53)42(51-55(37)30-15-20-62-21-16-30)31-5-2-4-27-22-36(48-24-33(27)31)28-8-9-35(47-23-28)43(58)49-29-12-17-52(18-13-29)38-7-3-6-32-41(38)46(61)54(45(32)60)39-10-11-40(57)50-44(39)59/h2-9,22-24,29-30,39H,10-21,25H2,1H3,(H,49,58)(H,50,57,59). The Morgan fingerprint density at radius 2 is 1.63 bits per heavy atom. The highest BCUT2D eigenvalue weighted by Gasteiger charge is 2.46. The number of carbonyl (C=O) groups is 6. The van der Waals surface area contributed by atoms with Crippen molar-refractivity contribution in [2.45, 2.75) is 76.5 Å². The maximum absolute atomic E-state index is 13.6. The number of nitrogens with zero attached hydrogens (tertiary/aromatic N) is 7. The fourth-order valence-corrected chi connectivity index (χ4v) is 9.66. The molecule has 16 heteroatoms. The van der Waals surface area contributed by atoms with E-state index in [4.69, 9.17) is 14.8 Å². The van der Waals surface area contributed by atoms with Crippen LogP contribution in [0.2, 0.25) is 0 Å². The molecule has 6 amide bonds. The molecule has 2 N–H and O–H groups in total. The van der Waals surface area contributed by atoms with Crippen molar-refractivity contribution in [3.05, 3.63) is 95.1 Å². The molecule has 5 aromatic rings. The summed E-state index contributed by atoms with van der Waals surface area (Å²) in [5.41, 5.74) is 7.00. The molecule has 8 heterocycles. The number of anilines is 1. The zero-order chi connectivity index (χ0) is 42.6. The van der Waals surface area contributed by atoms with E-state index in [-0.39, 0.29) is 53.6 Å². The Bertz CT molecular complexity index is 2680. The van der Waals surface area contributed by atoms with Crippen molar-refractivity contribution in [1.29, 1.82) is 0 Å². The van der Waals surface area contributed by atoms with Gasteiger partial charge in [0.2, 0.25) is 17.7 Å². The van der Waals surface area contributed by atoms with Gasteiger partial charge in [-0.1, -0.05) is 24.3 Å². The maximum atomic E-state index is 13.6. The highest BCUT2D eigenvalue weighted by molar-refractivity contribution is 6.25. The lowest BCUT2D eigenvalue weighted by Crippen LogP contribution is -2.54. The molecule has 3 fully saturated rings. The third kappa shape index (κ3) is 6.97. The molecule has 1 atom stereocenters. The third-order valence-corrected chi connectivity index (χ3v) is 13.0. The molecule has 0 aliphatic carbocycles. The van der Waals surface area contributed by atoms with Gasteiger partial charge in [0.05, 0.1) is 34.2 Å². The molecule has 5 aliphatic heterocycles. The van der Waals surface area contributed by atoms with E-state index in [0.29, 0.717) is 63.6 Å². The minimum atomic E-state index is -1.04. The second-order valence-corrected chi connectivity index (χ2v) is 16.7. The molecule has 0 bridgehead atoms. The number of ether oxygens (including phenoxy) is 1. The summed E-state index contributed by atoms with van der Waals surface area (Å²) < 4.78 is 7.85. The molecule has 2 aromatic carbocycles. The number of amides is 6. The van der Waals surface area contributed by atoms with Gasteiger partial charge < -0.3 is 19.9 Å². The van der Waals surface area contributed by atoms with Crippen LogP contribution in [0.5, 0.6) is 0 Å². The van der Waals surface area contributed by atoms with Gasteiger partial charge in [0, 0.05) is 105 Å². The largest absolute Gasteiger partial charge is 0.381 e. The van der Waals surface area contributed by atoms with Crippen molar-refractivity contribution in [2.24, 2.45) is 0 Å². The first-order chi connectivity index (χ1) is 30.1. The average molecular weight is 836 g/mol. The van der Waals surface area contributed by atoms with Crippen LogP contribution >= 0.6 is 0 Å². The number of benzene rings is 2. The number of nitrogens with one attached hydrogen (secondary N) is 2. The fourth-order valence-electron chi connectivity index (χ4n) is 9.66. The van der Waals surface area contributed by atoms with Gasteiger partial charge in [0.1, 0.15) is 11.7 Å². The molecule has 0 radical (unpaired) electrons. The molecule has 0 spiro atoms. The normalized spacial score (nSPS) is 19.8. The van der Waals surface area contributed by atoms with E-state index in [1.165, 1.54) is 5.69 Å². The zero-order valence-electron chi connectivity index (χ0n) is 34.3. The highest BCUT2D eigenvalue weighted by Crippen LogP contribution is 2.38. The number of rotatable bonds is 7. The molecule has 0 saturated carbocycles. The Morgan fingerprint density at radius 1 is 0.839 bits per heavy atom. The molecular formula is C46H45N9O7. The predicted octanol–water partition coefficient (Wildman–Crippen LogP) is 4.22. The van der Waals surface area contributed by atoms with Crippen molar-refractivity contribution in [2.75, 3.05) is 37.7 Å². The lowest BCUT2D eigenvalue weighted by Gasteiger charge is -2.34. The van der Waals surface area contributed by atoms with E-state index in [2.05, 4.69) is 26.4 Å². The van der Waals surface area contributed by atoms with E-state index in [9.17, 15) is 28.8 Å².